The zero-order chi connectivity index (χ0) is 18.9. The van der Waals surface area contributed by atoms with Crippen LogP contribution in [0.4, 0.5) is 5.69 Å². The van der Waals surface area contributed by atoms with Crippen LogP contribution < -0.4 is 4.90 Å². The van der Waals surface area contributed by atoms with E-state index in [0.29, 0.717) is 30.1 Å². The largest absolute Gasteiger partial charge is 0.315 e. The zero-order valence-electron chi connectivity index (χ0n) is 14.7. The Bertz CT molecular complexity index is 885. The van der Waals surface area contributed by atoms with Gasteiger partial charge in [-0.2, -0.15) is 4.31 Å². The standard InChI is InChI=1S/C18H21BrN2O3S2/c1-13-3-5-15(6-4-13)20(2)18(22)14-9-11-21(12-10-14)26(23,24)17-8-7-16(19)25-17/h3-8,14H,9-12H2,1-2H3. The van der Waals surface area contributed by atoms with Crippen LogP contribution in [-0.2, 0) is 14.8 Å². The molecule has 0 unspecified atom stereocenters. The van der Waals surface area contributed by atoms with Gasteiger partial charge < -0.3 is 4.90 Å². The monoisotopic (exact) mass is 456 g/mol. The van der Waals surface area contributed by atoms with Gasteiger partial charge in [-0.15, -0.1) is 11.3 Å². The first-order chi connectivity index (χ1) is 12.3. The Hall–Kier alpha value is -1.22. The number of thiophene rings is 1. The average molecular weight is 457 g/mol. The lowest BCUT2D eigenvalue weighted by atomic mass is 9.96. The second kappa shape index (κ2) is 7.80. The van der Waals surface area contributed by atoms with Gasteiger partial charge in [-0.25, -0.2) is 8.42 Å². The third-order valence-electron chi connectivity index (χ3n) is 4.70. The maximum Gasteiger partial charge on any atom is 0.252 e. The fraction of sp³-hybridized carbons (Fsp3) is 0.389. The smallest absolute Gasteiger partial charge is 0.252 e. The summed E-state index contributed by atoms with van der Waals surface area (Å²) >= 11 is 4.52. The zero-order valence-corrected chi connectivity index (χ0v) is 17.9. The van der Waals surface area contributed by atoms with E-state index in [4.69, 9.17) is 0 Å². The van der Waals surface area contributed by atoms with Crippen molar-refractivity contribution in [1.82, 2.24) is 4.31 Å². The van der Waals surface area contributed by atoms with Crippen molar-refractivity contribution in [3.8, 4) is 0 Å². The van der Waals surface area contributed by atoms with Crippen LogP contribution in [0.15, 0.2) is 44.4 Å². The lowest BCUT2D eigenvalue weighted by molar-refractivity contribution is -0.123. The number of anilines is 1. The number of hydrogen-bond donors (Lipinski definition) is 0. The highest BCUT2D eigenvalue weighted by atomic mass is 79.9. The van der Waals surface area contributed by atoms with E-state index in [1.165, 1.54) is 15.6 Å². The second-order valence-electron chi connectivity index (χ2n) is 6.47. The van der Waals surface area contributed by atoms with Crippen molar-refractivity contribution in [3.63, 3.8) is 0 Å². The normalized spacial score (nSPS) is 16.6. The molecule has 0 atom stereocenters. The number of halogens is 1. The van der Waals surface area contributed by atoms with Crippen LogP contribution in [0, 0.1) is 12.8 Å². The third-order valence-corrected chi connectivity index (χ3v) is 8.69. The molecule has 1 aromatic heterocycles. The quantitative estimate of drug-likeness (QED) is 0.700. The van der Waals surface area contributed by atoms with Crippen molar-refractivity contribution < 1.29 is 13.2 Å². The van der Waals surface area contributed by atoms with E-state index in [9.17, 15) is 13.2 Å². The van der Waals surface area contributed by atoms with E-state index >= 15 is 0 Å². The number of aryl methyl sites for hydroxylation is 1. The van der Waals surface area contributed by atoms with Crippen LogP contribution in [0.25, 0.3) is 0 Å². The molecule has 0 spiro atoms. The Kier molecular flexibility index (Phi) is 5.86. The van der Waals surface area contributed by atoms with Crippen LogP contribution in [-0.4, -0.2) is 38.8 Å². The molecule has 0 aliphatic carbocycles. The number of amides is 1. The lowest BCUT2D eigenvalue weighted by Crippen LogP contribution is -2.43. The van der Waals surface area contributed by atoms with Crippen molar-refractivity contribution in [2.45, 2.75) is 24.0 Å². The molecule has 0 N–H and O–H groups in total. The molecule has 26 heavy (non-hydrogen) atoms. The molecule has 5 nitrogen and oxygen atoms in total. The van der Waals surface area contributed by atoms with E-state index in [0.717, 1.165) is 15.0 Å². The van der Waals surface area contributed by atoms with Gasteiger partial charge in [0.15, 0.2) is 0 Å². The minimum absolute atomic E-state index is 0.0461. The number of nitrogens with zero attached hydrogens (tertiary/aromatic N) is 2. The Morgan fingerprint density at radius 1 is 1.15 bits per heavy atom. The second-order valence-corrected chi connectivity index (χ2v) is 11.1. The van der Waals surface area contributed by atoms with Gasteiger partial charge in [-0.05, 0) is 60.0 Å². The average Bonchev–Trinajstić information content (AvgIpc) is 3.08. The number of piperidine rings is 1. The van der Waals surface area contributed by atoms with Crippen molar-refractivity contribution >= 4 is 48.9 Å². The summed E-state index contributed by atoms with van der Waals surface area (Å²) < 4.78 is 28.0. The predicted octanol–water partition coefficient (Wildman–Crippen LogP) is 3.88. The first kappa shape index (κ1) is 19.5. The summed E-state index contributed by atoms with van der Waals surface area (Å²) in [4.78, 5) is 14.4. The highest BCUT2D eigenvalue weighted by Crippen LogP contribution is 2.31. The van der Waals surface area contributed by atoms with Gasteiger partial charge in [0.05, 0.1) is 3.79 Å². The van der Waals surface area contributed by atoms with Crippen LogP contribution >= 0.6 is 27.3 Å². The van der Waals surface area contributed by atoms with Crippen LogP contribution in [0.1, 0.15) is 18.4 Å². The molecule has 1 aromatic carbocycles. The molecule has 0 bridgehead atoms. The van der Waals surface area contributed by atoms with Crippen molar-refractivity contribution in [2.24, 2.45) is 5.92 Å². The molecule has 2 aromatic rings. The molecule has 1 fully saturated rings. The molecule has 1 aliphatic rings. The van der Waals surface area contributed by atoms with Gasteiger partial charge in [0.25, 0.3) is 10.0 Å². The summed E-state index contributed by atoms with van der Waals surface area (Å²) in [5.41, 5.74) is 2.01. The molecule has 2 heterocycles. The molecule has 8 heteroatoms. The van der Waals surface area contributed by atoms with Gasteiger partial charge in [0.1, 0.15) is 4.21 Å². The summed E-state index contributed by atoms with van der Waals surface area (Å²) in [6, 6.07) is 11.2. The van der Waals surface area contributed by atoms with Crippen molar-refractivity contribution in [2.75, 3.05) is 25.0 Å². The summed E-state index contributed by atoms with van der Waals surface area (Å²) in [5.74, 6) is -0.104. The molecule has 3 rings (SSSR count). The fourth-order valence-corrected chi connectivity index (χ4v) is 6.71. The fourth-order valence-electron chi connectivity index (χ4n) is 3.08. The Morgan fingerprint density at radius 2 is 1.77 bits per heavy atom. The highest BCUT2D eigenvalue weighted by Gasteiger charge is 2.34. The lowest BCUT2D eigenvalue weighted by Gasteiger charge is -2.32. The van der Waals surface area contributed by atoms with E-state index in [1.54, 1.807) is 24.1 Å². The molecule has 1 aliphatic heterocycles. The Labute approximate surface area is 166 Å². The molecular weight excluding hydrogens is 436 g/mol. The van der Waals surface area contributed by atoms with Gasteiger partial charge in [0, 0.05) is 31.7 Å². The molecule has 1 saturated heterocycles. The number of carbonyl (C=O) groups excluding carboxylic acids is 1. The Morgan fingerprint density at radius 3 is 2.31 bits per heavy atom. The topological polar surface area (TPSA) is 57.7 Å². The van der Waals surface area contributed by atoms with Gasteiger partial charge >= 0.3 is 0 Å². The minimum atomic E-state index is -3.47. The third kappa shape index (κ3) is 4.03. The molecule has 0 radical (unpaired) electrons. The SMILES string of the molecule is Cc1ccc(N(C)C(=O)C2CCN(S(=O)(=O)c3ccc(Br)s3)CC2)cc1. The molecule has 140 valence electrons. The van der Waals surface area contributed by atoms with Crippen LogP contribution in [0.5, 0.6) is 0 Å². The van der Waals surface area contributed by atoms with E-state index in [2.05, 4.69) is 15.9 Å². The van der Waals surface area contributed by atoms with Gasteiger partial charge in [0.2, 0.25) is 5.91 Å². The van der Waals surface area contributed by atoms with E-state index in [1.807, 2.05) is 31.2 Å². The summed E-state index contributed by atoms with van der Waals surface area (Å²) in [7, 11) is -1.69. The van der Waals surface area contributed by atoms with Crippen LogP contribution in [0.2, 0.25) is 0 Å². The predicted molar refractivity (Wildman–Crippen MR) is 108 cm³/mol. The maximum atomic E-state index is 12.8. The highest BCUT2D eigenvalue weighted by molar-refractivity contribution is 9.11. The number of hydrogen-bond acceptors (Lipinski definition) is 4. The first-order valence-corrected chi connectivity index (χ1v) is 11.4. The Balaban J connectivity index is 1.64. The summed E-state index contributed by atoms with van der Waals surface area (Å²) in [6.07, 6.45) is 1.08. The number of sulfonamides is 1. The van der Waals surface area contributed by atoms with Crippen molar-refractivity contribution in [1.29, 1.82) is 0 Å². The minimum Gasteiger partial charge on any atom is -0.315 e. The van der Waals surface area contributed by atoms with Crippen molar-refractivity contribution in [3.05, 3.63) is 45.7 Å². The van der Waals surface area contributed by atoms with E-state index in [-0.39, 0.29) is 11.8 Å². The summed E-state index contributed by atoms with van der Waals surface area (Å²) in [5, 5.41) is 0. The molecular formula is C18H21BrN2O3S2. The van der Waals surface area contributed by atoms with Crippen LogP contribution in [0.3, 0.4) is 0 Å². The number of benzene rings is 1. The van der Waals surface area contributed by atoms with E-state index < -0.39 is 10.0 Å². The number of rotatable bonds is 4. The molecule has 1 amide bonds. The van der Waals surface area contributed by atoms with Gasteiger partial charge in [-0.1, -0.05) is 17.7 Å². The van der Waals surface area contributed by atoms with Gasteiger partial charge in [-0.3, -0.25) is 4.79 Å². The first-order valence-electron chi connectivity index (χ1n) is 8.39. The summed E-state index contributed by atoms with van der Waals surface area (Å²) in [6.45, 7) is 2.75. The maximum absolute atomic E-state index is 12.8. The number of carbonyl (C=O) groups is 1. The molecule has 0 saturated carbocycles.